The number of ketones is 1. The average molecular weight is 186 g/mol. The van der Waals surface area contributed by atoms with Gasteiger partial charge in [-0.1, -0.05) is 27.2 Å². The number of hydrogen-bond acceptors (Lipinski definition) is 3. The molecule has 0 saturated carbocycles. The summed E-state index contributed by atoms with van der Waals surface area (Å²) >= 11 is 0. The van der Waals surface area contributed by atoms with Crippen LogP contribution in [0, 0.1) is 11.8 Å². The molecule has 76 valence electrons. The zero-order chi connectivity index (χ0) is 10.4. The molecule has 0 heterocycles. The summed E-state index contributed by atoms with van der Waals surface area (Å²) in [7, 11) is 1.32. The third kappa shape index (κ3) is 3.17. The van der Waals surface area contributed by atoms with Crippen molar-refractivity contribution < 1.29 is 14.3 Å². The van der Waals surface area contributed by atoms with Crippen molar-refractivity contribution in [3.8, 4) is 0 Å². The molecule has 3 heteroatoms. The van der Waals surface area contributed by atoms with Crippen LogP contribution in [0.5, 0.6) is 0 Å². The van der Waals surface area contributed by atoms with Crippen LogP contribution in [0.1, 0.15) is 33.6 Å². The lowest BCUT2D eigenvalue weighted by Crippen LogP contribution is -2.30. The smallest absolute Gasteiger partial charge is 0.316 e. The molecule has 0 aliphatic rings. The highest BCUT2D eigenvalue weighted by Crippen LogP contribution is 2.19. The molecule has 0 saturated heterocycles. The molecule has 0 aliphatic carbocycles. The number of ether oxygens (including phenoxy) is 1. The molecule has 2 unspecified atom stereocenters. The van der Waals surface area contributed by atoms with Gasteiger partial charge in [0.25, 0.3) is 0 Å². The molecule has 0 N–H and O–H groups in total. The number of rotatable bonds is 5. The molecule has 3 nitrogen and oxygen atoms in total. The molecule has 0 amide bonds. The third-order valence-corrected chi connectivity index (χ3v) is 2.36. The molecule has 0 aromatic carbocycles. The second-order valence-electron chi connectivity index (χ2n) is 3.21. The summed E-state index contributed by atoms with van der Waals surface area (Å²) in [6, 6.07) is 0. The fourth-order valence-corrected chi connectivity index (χ4v) is 1.26. The van der Waals surface area contributed by atoms with Crippen molar-refractivity contribution in [2.24, 2.45) is 11.8 Å². The molecule has 13 heavy (non-hydrogen) atoms. The lowest BCUT2D eigenvalue weighted by Gasteiger charge is -2.18. The minimum Gasteiger partial charge on any atom is -0.468 e. The molecule has 0 spiro atoms. The maximum absolute atomic E-state index is 11.4. The SMILES string of the molecule is CCC(=O)C(C(=O)OC)C(C)CC. The van der Waals surface area contributed by atoms with Crippen molar-refractivity contribution >= 4 is 11.8 Å². The van der Waals surface area contributed by atoms with Crippen LogP contribution in [0.25, 0.3) is 0 Å². The van der Waals surface area contributed by atoms with E-state index in [9.17, 15) is 9.59 Å². The summed E-state index contributed by atoms with van der Waals surface area (Å²) in [5.74, 6) is -0.928. The highest BCUT2D eigenvalue weighted by molar-refractivity contribution is 5.99. The zero-order valence-electron chi connectivity index (χ0n) is 8.79. The molecule has 0 fully saturated rings. The van der Waals surface area contributed by atoms with Gasteiger partial charge in [0.1, 0.15) is 11.7 Å². The predicted molar refractivity (Wildman–Crippen MR) is 50.3 cm³/mol. The Balaban J connectivity index is 4.54. The minimum atomic E-state index is -0.569. The lowest BCUT2D eigenvalue weighted by molar-refractivity contribution is -0.151. The highest BCUT2D eigenvalue weighted by atomic mass is 16.5. The van der Waals surface area contributed by atoms with E-state index in [1.165, 1.54) is 7.11 Å². The quantitative estimate of drug-likeness (QED) is 0.485. The number of methoxy groups -OCH3 is 1. The van der Waals surface area contributed by atoms with Gasteiger partial charge in [-0.25, -0.2) is 0 Å². The maximum Gasteiger partial charge on any atom is 0.316 e. The Morgan fingerprint density at radius 2 is 1.85 bits per heavy atom. The topological polar surface area (TPSA) is 43.4 Å². The van der Waals surface area contributed by atoms with E-state index in [0.717, 1.165) is 6.42 Å². The number of esters is 1. The number of hydrogen-bond donors (Lipinski definition) is 0. The number of carbonyl (C=O) groups is 2. The minimum absolute atomic E-state index is 0.0267. The Bertz CT molecular complexity index is 171. The molecular formula is C10H18O3. The fourth-order valence-electron chi connectivity index (χ4n) is 1.26. The molecule has 0 aromatic heterocycles. The first-order valence-electron chi connectivity index (χ1n) is 4.68. The molecule has 0 radical (unpaired) electrons. The van der Waals surface area contributed by atoms with Gasteiger partial charge in [0, 0.05) is 6.42 Å². The summed E-state index contributed by atoms with van der Waals surface area (Å²) in [5, 5.41) is 0. The first-order valence-corrected chi connectivity index (χ1v) is 4.68. The van der Waals surface area contributed by atoms with Crippen molar-refractivity contribution in [1.29, 1.82) is 0 Å². The summed E-state index contributed by atoms with van der Waals surface area (Å²) in [6.07, 6.45) is 1.20. The van der Waals surface area contributed by atoms with E-state index >= 15 is 0 Å². The standard InChI is InChI=1S/C10H18O3/c1-5-7(3)9(8(11)6-2)10(12)13-4/h7,9H,5-6H2,1-4H3. The fraction of sp³-hybridized carbons (Fsp3) is 0.800. The molecular weight excluding hydrogens is 168 g/mol. The van der Waals surface area contributed by atoms with Crippen LogP contribution in [-0.4, -0.2) is 18.9 Å². The van der Waals surface area contributed by atoms with Crippen LogP contribution in [0.15, 0.2) is 0 Å². The van der Waals surface area contributed by atoms with Gasteiger partial charge in [-0.05, 0) is 5.92 Å². The van der Waals surface area contributed by atoms with Gasteiger partial charge in [-0.15, -0.1) is 0 Å². The second-order valence-corrected chi connectivity index (χ2v) is 3.21. The van der Waals surface area contributed by atoms with E-state index in [1.807, 2.05) is 13.8 Å². The Morgan fingerprint density at radius 3 is 2.15 bits per heavy atom. The van der Waals surface area contributed by atoms with Gasteiger partial charge in [0.2, 0.25) is 0 Å². The van der Waals surface area contributed by atoms with Gasteiger partial charge in [-0.3, -0.25) is 9.59 Å². The van der Waals surface area contributed by atoms with Crippen molar-refractivity contribution in [1.82, 2.24) is 0 Å². The average Bonchev–Trinajstić information content (AvgIpc) is 2.16. The van der Waals surface area contributed by atoms with Crippen molar-refractivity contribution in [3.63, 3.8) is 0 Å². The van der Waals surface area contributed by atoms with Gasteiger partial charge in [0.05, 0.1) is 7.11 Å². The van der Waals surface area contributed by atoms with Gasteiger partial charge in [-0.2, -0.15) is 0 Å². The van der Waals surface area contributed by atoms with E-state index < -0.39 is 11.9 Å². The van der Waals surface area contributed by atoms with Crippen molar-refractivity contribution in [3.05, 3.63) is 0 Å². The number of carbonyl (C=O) groups excluding carboxylic acids is 2. The van der Waals surface area contributed by atoms with Crippen LogP contribution < -0.4 is 0 Å². The normalized spacial score (nSPS) is 14.8. The Hall–Kier alpha value is -0.860. The van der Waals surface area contributed by atoms with Crippen molar-refractivity contribution in [2.75, 3.05) is 7.11 Å². The summed E-state index contributed by atoms with van der Waals surface area (Å²) < 4.78 is 4.60. The van der Waals surface area contributed by atoms with Crippen LogP contribution >= 0.6 is 0 Å². The van der Waals surface area contributed by atoms with Crippen LogP contribution in [0.4, 0.5) is 0 Å². The van der Waals surface area contributed by atoms with E-state index in [1.54, 1.807) is 6.92 Å². The molecule has 2 atom stereocenters. The van der Waals surface area contributed by atoms with Crippen LogP contribution in [0.2, 0.25) is 0 Å². The van der Waals surface area contributed by atoms with Crippen LogP contribution in [-0.2, 0) is 14.3 Å². The second kappa shape index (κ2) is 5.73. The maximum atomic E-state index is 11.4. The summed E-state index contributed by atoms with van der Waals surface area (Å²) in [4.78, 5) is 22.7. The van der Waals surface area contributed by atoms with Crippen LogP contribution in [0.3, 0.4) is 0 Å². The molecule has 0 aromatic rings. The first-order chi connectivity index (χ1) is 6.08. The molecule has 0 rings (SSSR count). The lowest BCUT2D eigenvalue weighted by atomic mass is 9.87. The largest absolute Gasteiger partial charge is 0.468 e. The van der Waals surface area contributed by atoms with E-state index in [0.29, 0.717) is 6.42 Å². The van der Waals surface area contributed by atoms with E-state index in [2.05, 4.69) is 4.74 Å². The van der Waals surface area contributed by atoms with Gasteiger partial charge < -0.3 is 4.74 Å². The Labute approximate surface area is 79.5 Å². The predicted octanol–water partition coefficient (Wildman–Crippen LogP) is 1.80. The summed E-state index contributed by atoms with van der Waals surface area (Å²) in [5.41, 5.74) is 0. The first kappa shape index (κ1) is 12.1. The third-order valence-electron chi connectivity index (χ3n) is 2.36. The van der Waals surface area contributed by atoms with E-state index in [-0.39, 0.29) is 11.7 Å². The summed E-state index contributed by atoms with van der Waals surface area (Å²) in [6.45, 7) is 5.62. The molecule has 0 bridgehead atoms. The monoisotopic (exact) mass is 186 g/mol. The molecule has 0 aliphatic heterocycles. The zero-order valence-corrected chi connectivity index (χ0v) is 8.79. The Morgan fingerprint density at radius 1 is 1.31 bits per heavy atom. The van der Waals surface area contributed by atoms with Gasteiger partial charge >= 0.3 is 5.97 Å². The van der Waals surface area contributed by atoms with E-state index in [4.69, 9.17) is 0 Å². The van der Waals surface area contributed by atoms with Gasteiger partial charge in [0.15, 0.2) is 0 Å². The Kier molecular flexibility index (Phi) is 5.35. The number of Topliss-reactive ketones (excluding diaryl/α,β-unsaturated/α-hetero) is 1. The highest BCUT2D eigenvalue weighted by Gasteiger charge is 2.30. The van der Waals surface area contributed by atoms with Crippen molar-refractivity contribution in [2.45, 2.75) is 33.6 Å².